The van der Waals surface area contributed by atoms with Gasteiger partial charge in [0.15, 0.2) is 0 Å². The van der Waals surface area contributed by atoms with Gasteiger partial charge in [-0.2, -0.15) is 0 Å². The zero-order chi connectivity index (χ0) is 22.8. The van der Waals surface area contributed by atoms with Gasteiger partial charge in [-0.05, 0) is 49.2 Å². The fraction of sp³-hybridized carbons (Fsp3) is 0.440. The molecule has 1 unspecified atom stereocenters. The summed E-state index contributed by atoms with van der Waals surface area (Å²) in [7, 11) is 0. The van der Waals surface area contributed by atoms with E-state index in [1.54, 1.807) is 0 Å². The Kier molecular flexibility index (Phi) is 6.27. The molecule has 5 rings (SSSR count). The first-order valence-electron chi connectivity index (χ1n) is 11.5. The smallest absolute Gasteiger partial charge is 0.309 e. The Morgan fingerprint density at radius 1 is 0.970 bits per heavy atom. The molecule has 2 fully saturated rings. The summed E-state index contributed by atoms with van der Waals surface area (Å²) in [5, 5.41) is 7.40. The highest BCUT2D eigenvalue weighted by Gasteiger charge is 2.46. The third-order valence-electron chi connectivity index (χ3n) is 6.60. The van der Waals surface area contributed by atoms with Crippen molar-refractivity contribution in [1.29, 1.82) is 0 Å². The standard InChI is InChI=1S/C25H28ClN3O4/c26-21-7-6-20-19(11-13-28-16-25(20)32-22(30)8-9-23(31)33-25)24(21)29(18-10-12-27-14-18)15-17-4-2-1-3-5-17/h1-7,18,27-28H,8-16H2. The molecule has 0 saturated carbocycles. The lowest BCUT2D eigenvalue weighted by atomic mass is 9.94. The van der Waals surface area contributed by atoms with Crippen LogP contribution in [0.1, 0.15) is 36.0 Å². The quantitative estimate of drug-likeness (QED) is 0.666. The van der Waals surface area contributed by atoms with Gasteiger partial charge in [0.25, 0.3) is 5.79 Å². The van der Waals surface area contributed by atoms with Crippen LogP contribution in [-0.2, 0) is 37.8 Å². The summed E-state index contributed by atoms with van der Waals surface area (Å²) >= 11 is 6.87. The Labute approximate surface area is 198 Å². The Hall–Kier alpha value is -2.61. The van der Waals surface area contributed by atoms with Gasteiger partial charge in [-0.15, -0.1) is 0 Å². The molecular formula is C25H28ClN3O4. The second-order valence-electron chi connectivity index (χ2n) is 8.81. The van der Waals surface area contributed by atoms with Crippen molar-refractivity contribution < 1.29 is 19.1 Å². The second kappa shape index (κ2) is 9.33. The minimum Gasteiger partial charge on any atom is -0.416 e. The molecule has 2 N–H and O–H groups in total. The largest absolute Gasteiger partial charge is 0.416 e. The van der Waals surface area contributed by atoms with Crippen molar-refractivity contribution >= 4 is 29.2 Å². The van der Waals surface area contributed by atoms with Crippen LogP contribution in [0.25, 0.3) is 0 Å². The minimum absolute atomic E-state index is 0.0181. The number of ether oxygens (including phenoxy) is 2. The molecule has 33 heavy (non-hydrogen) atoms. The number of nitrogens with one attached hydrogen (secondary N) is 2. The van der Waals surface area contributed by atoms with Crippen molar-refractivity contribution in [1.82, 2.24) is 10.6 Å². The Morgan fingerprint density at radius 2 is 1.73 bits per heavy atom. The molecule has 8 heteroatoms. The summed E-state index contributed by atoms with van der Waals surface area (Å²) in [5.41, 5.74) is 3.76. The maximum Gasteiger partial charge on any atom is 0.309 e. The highest BCUT2D eigenvalue weighted by atomic mass is 35.5. The molecule has 174 valence electrons. The van der Waals surface area contributed by atoms with Gasteiger partial charge in [-0.25, -0.2) is 0 Å². The highest BCUT2D eigenvalue weighted by Crippen LogP contribution is 2.43. The van der Waals surface area contributed by atoms with Gasteiger partial charge >= 0.3 is 11.9 Å². The van der Waals surface area contributed by atoms with Crippen LogP contribution in [-0.4, -0.2) is 44.2 Å². The number of nitrogens with zero attached hydrogens (tertiary/aromatic N) is 1. The number of halogens is 1. The lowest BCUT2D eigenvalue weighted by Crippen LogP contribution is -2.44. The predicted molar refractivity (Wildman–Crippen MR) is 125 cm³/mol. The van der Waals surface area contributed by atoms with Gasteiger partial charge in [-0.1, -0.05) is 41.9 Å². The van der Waals surface area contributed by atoms with Crippen molar-refractivity contribution in [3.05, 3.63) is 64.2 Å². The van der Waals surface area contributed by atoms with Gasteiger partial charge in [-0.3, -0.25) is 9.59 Å². The number of esters is 2. The molecule has 3 aliphatic heterocycles. The van der Waals surface area contributed by atoms with E-state index in [-0.39, 0.29) is 25.4 Å². The minimum atomic E-state index is -1.48. The van der Waals surface area contributed by atoms with E-state index in [9.17, 15) is 9.59 Å². The van der Waals surface area contributed by atoms with E-state index < -0.39 is 17.7 Å². The Bertz CT molecular complexity index is 1020. The van der Waals surface area contributed by atoms with Crippen molar-refractivity contribution in [2.45, 2.75) is 44.1 Å². The highest BCUT2D eigenvalue weighted by molar-refractivity contribution is 6.33. The number of fused-ring (bicyclic) bond motifs is 2. The van der Waals surface area contributed by atoms with E-state index in [1.165, 1.54) is 5.56 Å². The average Bonchev–Trinajstić information content (AvgIpc) is 3.23. The molecule has 0 aliphatic carbocycles. The fourth-order valence-corrected chi connectivity index (χ4v) is 5.33. The third kappa shape index (κ3) is 4.45. The average molecular weight is 470 g/mol. The molecule has 0 amide bonds. The molecule has 2 aromatic rings. The van der Waals surface area contributed by atoms with Crippen molar-refractivity contribution in [3.63, 3.8) is 0 Å². The van der Waals surface area contributed by atoms with Crippen LogP contribution in [0, 0.1) is 0 Å². The summed E-state index contributed by atoms with van der Waals surface area (Å²) in [6.45, 7) is 3.37. The predicted octanol–water partition coefficient (Wildman–Crippen LogP) is 2.89. The van der Waals surface area contributed by atoms with Gasteiger partial charge in [0.05, 0.1) is 30.1 Å². The third-order valence-corrected chi connectivity index (χ3v) is 6.91. The number of carbonyl (C=O) groups is 2. The maximum atomic E-state index is 12.4. The topological polar surface area (TPSA) is 79.9 Å². The van der Waals surface area contributed by atoms with E-state index in [4.69, 9.17) is 21.1 Å². The lowest BCUT2D eigenvalue weighted by Gasteiger charge is -2.36. The van der Waals surface area contributed by atoms with Gasteiger partial charge in [0.1, 0.15) is 0 Å². The van der Waals surface area contributed by atoms with E-state index in [2.05, 4.69) is 27.7 Å². The molecule has 7 nitrogen and oxygen atoms in total. The number of rotatable bonds is 4. The maximum absolute atomic E-state index is 12.4. The molecule has 1 spiro atoms. The van der Waals surface area contributed by atoms with E-state index in [0.717, 1.165) is 30.8 Å². The number of hydrogen-bond acceptors (Lipinski definition) is 7. The van der Waals surface area contributed by atoms with E-state index >= 15 is 0 Å². The van der Waals surface area contributed by atoms with Crippen LogP contribution in [0.15, 0.2) is 42.5 Å². The zero-order valence-corrected chi connectivity index (χ0v) is 19.2. The van der Waals surface area contributed by atoms with Crippen molar-refractivity contribution in [2.75, 3.05) is 31.1 Å². The molecule has 0 radical (unpaired) electrons. The summed E-state index contributed by atoms with van der Waals surface area (Å²) in [4.78, 5) is 27.2. The Balaban J connectivity index is 1.64. The van der Waals surface area contributed by atoms with Crippen molar-refractivity contribution in [2.24, 2.45) is 0 Å². The van der Waals surface area contributed by atoms with Crippen LogP contribution >= 0.6 is 11.6 Å². The molecule has 0 aromatic heterocycles. The van der Waals surface area contributed by atoms with Crippen LogP contribution in [0.3, 0.4) is 0 Å². The first-order valence-corrected chi connectivity index (χ1v) is 11.9. The molecule has 2 saturated heterocycles. The van der Waals surface area contributed by atoms with Crippen LogP contribution in [0.5, 0.6) is 0 Å². The summed E-state index contributed by atoms with van der Waals surface area (Å²) in [6.07, 6.45) is 1.71. The Morgan fingerprint density at radius 3 is 2.42 bits per heavy atom. The number of carbonyl (C=O) groups excluding carboxylic acids is 2. The van der Waals surface area contributed by atoms with Crippen molar-refractivity contribution in [3.8, 4) is 0 Å². The molecule has 3 heterocycles. The first-order chi connectivity index (χ1) is 16.1. The second-order valence-corrected chi connectivity index (χ2v) is 9.22. The van der Waals surface area contributed by atoms with Crippen LogP contribution in [0.4, 0.5) is 5.69 Å². The lowest BCUT2D eigenvalue weighted by molar-refractivity contribution is -0.225. The number of benzene rings is 2. The van der Waals surface area contributed by atoms with Crippen LogP contribution < -0.4 is 15.5 Å². The summed E-state index contributed by atoms with van der Waals surface area (Å²) in [6, 6.07) is 14.2. The molecule has 3 aliphatic rings. The first kappa shape index (κ1) is 22.2. The van der Waals surface area contributed by atoms with Gasteiger partial charge in [0, 0.05) is 24.7 Å². The molecular weight excluding hydrogens is 442 g/mol. The summed E-state index contributed by atoms with van der Waals surface area (Å²) in [5.74, 6) is -2.36. The molecule has 2 aromatic carbocycles. The number of anilines is 1. The van der Waals surface area contributed by atoms with Crippen LogP contribution in [0.2, 0.25) is 5.02 Å². The monoisotopic (exact) mass is 469 g/mol. The fourth-order valence-electron chi connectivity index (χ4n) is 5.04. The normalized spacial score (nSPS) is 22.2. The SMILES string of the molecule is O=C1CCC(=O)OC2(CNCCc3c2ccc(Cl)c3N(Cc2ccccc2)C2CCNC2)O1. The van der Waals surface area contributed by atoms with E-state index in [1.807, 2.05) is 30.3 Å². The van der Waals surface area contributed by atoms with Gasteiger partial charge < -0.3 is 25.0 Å². The molecule has 0 bridgehead atoms. The molecule has 1 atom stereocenters. The number of hydrogen-bond donors (Lipinski definition) is 2. The van der Waals surface area contributed by atoms with Gasteiger partial charge in [0.2, 0.25) is 0 Å². The van der Waals surface area contributed by atoms with E-state index in [0.29, 0.717) is 30.1 Å². The zero-order valence-electron chi connectivity index (χ0n) is 18.4. The summed E-state index contributed by atoms with van der Waals surface area (Å²) < 4.78 is 11.6.